The van der Waals surface area contributed by atoms with Crippen molar-refractivity contribution in [1.29, 1.82) is 0 Å². The van der Waals surface area contributed by atoms with Crippen LogP contribution in [0.1, 0.15) is 21.5 Å². The predicted octanol–water partition coefficient (Wildman–Crippen LogP) is 4.53. The van der Waals surface area contributed by atoms with Crippen LogP contribution in [0.4, 0.5) is 5.69 Å². The minimum Gasteiger partial charge on any atom is -0.489 e. The van der Waals surface area contributed by atoms with Crippen molar-refractivity contribution in [2.45, 2.75) is 6.61 Å². The first-order valence-corrected chi connectivity index (χ1v) is 10.6. The van der Waals surface area contributed by atoms with Crippen LogP contribution < -0.4 is 15.1 Å². The molecule has 1 N–H and O–H groups in total. The Morgan fingerprint density at radius 3 is 2.45 bits per heavy atom. The molecule has 0 bridgehead atoms. The Balaban J connectivity index is 1.17. The smallest absolute Gasteiger partial charge is 0.260 e. The maximum atomic E-state index is 12.8. The van der Waals surface area contributed by atoms with Crippen molar-refractivity contribution >= 4 is 34.5 Å². The molecular weight excluding hydrogens is 414 g/mol. The van der Waals surface area contributed by atoms with E-state index in [1.165, 1.54) is 4.90 Å². The van der Waals surface area contributed by atoms with Crippen LogP contribution in [0.2, 0.25) is 0 Å². The van der Waals surface area contributed by atoms with Gasteiger partial charge in [0.2, 0.25) is 0 Å². The summed E-state index contributed by atoms with van der Waals surface area (Å²) in [4.78, 5) is 26.7. The molecule has 4 aromatic rings. The molecule has 0 saturated heterocycles. The Labute approximate surface area is 191 Å². The van der Waals surface area contributed by atoms with E-state index >= 15 is 0 Å². The zero-order valence-electron chi connectivity index (χ0n) is 17.8. The van der Waals surface area contributed by atoms with Crippen molar-refractivity contribution in [2.75, 3.05) is 11.4 Å². The van der Waals surface area contributed by atoms with Crippen LogP contribution in [0.15, 0.2) is 96.1 Å². The second-order valence-corrected chi connectivity index (χ2v) is 7.71. The molecule has 0 aromatic heterocycles. The number of carbonyl (C=O) groups excluding carboxylic acids is 2. The lowest BCUT2D eigenvalue weighted by Gasteiger charge is -2.16. The third kappa shape index (κ3) is 4.32. The minimum atomic E-state index is -0.368. The zero-order chi connectivity index (χ0) is 22.6. The summed E-state index contributed by atoms with van der Waals surface area (Å²) in [5.74, 6) is 0.209. The van der Waals surface area contributed by atoms with Gasteiger partial charge in [0.1, 0.15) is 18.9 Å². The average Bonchev–Trinajstić information content (AvgIpc) is 3.12. The summed E-state index contributed by atoms with van der Waals surface area (Å²) in [6, 6.07) is 28.7. The molecule has 4 aromatic carbocycles. The molecule has 0 saturated carbocycles. The van der Waals surface area contributed by atoms with Crippen LogP contribution in [0, 0.1) is 0 Å². The fraction of sp³-hybridized carbons (Fsp3) is 0.0741. The van der Waals surface area contributed by atoms with Crippen LogP contribution >= 0.6 is 0 Å². The van der Waals surface area contributed by atoms with Crippen LogP contribution in [0.25, 0.3) is 10.8 Å². The third-order valence-corrected chi connectivity index (χ3v) is 5.48. The van der Waals surface area contributed by atoms with Gasteiger partial charge < -0.3 is 4.74 Å². The largest absolute Gasteiger partial charge is 0.489 e. The molecule has 1 heterocycles. The number of ether oxygens (including phenoxy) is 1. The van der Waals surface area contributed by atoms with E-state index in [2.05, 4.69) is 10.5 Å². The molecule has 0 unspecified atom stereocenters. The number of nitrogens with zero attached hydrogens (tertiary/aromatic N) is 2. The van der Waals surface area contributed by atoms with E-state index in [0.717, 1.165) is 33.3 Å². The molecule has 0 atom stereocenters. The molecule has 0 fully saturated rings. The molecule has 0 radical (unpaired) electrons. The zero-order valence-corrected chi connectivity index (χ0v) is 17.8. The van der Waals surface area contributed by atoms with Gasteiger partial charge in [-0.2, -0.15) is 5.10 Å². The van der Waals surface area contributed by atoms with Gasteiger partial charge >= 0.3 is 0 Å². The number of carbonyl (C=O) groups is 2. The topological polar surface area (TPSA) is 71.0 Å². The van der Waals surface area contributed by atoms with Gasteiger partial charge in [-0.05, 0) is 52.9 Å². The summed E-state index contributed by atoms with van der Waals surface area (Å²) in [7, 11) is 0. The lowest BCUT2D eigenvalue weighted by atomic mass is 10.1. The van der Waals surface area contributed by atoms with Crippen molar-refractivity contribution in [3.63, 3.8) is 0 Å². The summed E-state index contributed by atoms with van der Waals surface area (Å²) >= 11 is 0. The second-order valence-electron chi connectivity index (χ2n) is 7.71. The molecule has 6 nitrogen and oxygen atoms in total. The number of benzene rings is 4. The molecule has 6 heteroatoms. The van der Waals surface area contributed by atoms with Crippen LogP contribution in [-0.2, 0) is 11.4 Å². The van der Waals surface area contributed by atoms with Gasteiger partial charge in [-0.25, -0.2) is 5.43 Å². The van der Waals surface area contributed by atoms with Gasteiger partial charge in [-0.1, -0.05) is 54.6 Å². The molecule has 1 aliphatic heterocycles. The summed E-state index contributed by atoms with van der Waals surface area (Å²) in [5, 5.41) is 5.89. The Kier molecular flexibility index (Phi) is 5.55. The van der Waals surface area contributed by atoms with Gasteiger partial charge in [0.15, 0.2) is 0 Å². The first-order chi connectivity index (χ1) is 16.2. The second kappa shape index (κ2) is 8.96. The fourth-order valence-electron chi connectivity index (χ4n) is 3.88. The number of hydrogen-bond donors (Lipinski definition) is 1. The number of nitrogens with one attached hydrogen (secondary N) is 1. The lowest BCUT2D eigenvalue weighted by Crippen LogP contribution is -2.37. The third-order valence-electron chi connectivity index (χ3n) is 5.48. The van der Waals surface area contributed by atoms with Gasteiger partial charge in [-0.15, -0.1) is 0 Å². The van der Waals surface area contributed by atoms with Crippen molar-refractivity contribution in [2.24, 2.45) is 5.10 Å². The van der Waals surface area contributed by atoms with E-state index in [4.69, 9.17) is 4.74 Å². The van der Waals surface area contributed by atoms with Gasteiger partial charge in [0.25, 0.3) is 11.8 Å². The van der Waals surface area contributed by atoms with E-state index in [1.54, 1.807) is 12.3 Å². The summed E-state index contributed by atoms with van der Waals surface area (Å²) in [6.45, 7) is 0.396. The van der Waals surface area contributed by atoms with Crippen LogP contribution in [0.5, 0.6) is 5.75 Å². The van der Waals surface area contributed by atoms with E-state index in [0.29, 0.717) is 12.2 Å². The van der Waals surface area contributed by atoms with Crippen molar-refractivity contribution in [3.8, 4) is 5.75 Å². The minimum absolute atomic E-state index is 0.101. The van der Waals surface area contributed by atoms with Gasteiger partial charge in [0.05, 0.1) is 11.9 Å². The molecule has 33 heavy (non-hydrogen) atoms. The van der Waals surface area contributed by atoms with E-state index in [9.17, 15) is 9.59 Å². The highest BCUT2D eigenvalue weighted by Gasteiger charge is 2.30. The number of hydrogen-bond acceptors (Lipinski definition) is 4. The summed E-state index contributed by atoms with van der Waals surface area (Å²) in [6.07, 6.45) is 1.56. The molecule has 0 spiro atoms. The van der Waals surface area contributed by atoms with Crippen LogP contribution in [0.3, 0.4) is 0 Å². The normalized spacial score (nSPS) is 12.5. The highest BCUT2D eigenvalue weighted by atomic mass is 16.5. The van der Waals surface area contributed by atoms with E-state index < -0.39 is 0 Å². The standard InChI is InChI=1S/C27H21N3O3/c31-25(17-30-24-11-5-9-21-8-4-10-23(26(21)24)27(30)32)29-28-16-19-12-14-22(15-13-19)33-18-20-6-2-1-3-7-20/h1-16H,17-18H2,(H,29,31)/b28-16-. The first kappa shape index (κ1) is 20.5. The lowest BCUT2D eigenvalue weighted by molar-refractivity contribution is -0.119. The quantitative estimate of drug-likeness (QED) is 0.343. The Bertz CT molecular complexity index is 1340. The summed E-state index contributed by atoms with van der Waals surface area (Å²) < 4.78 is 5.77. The SMILES string of the molecule is O=C(CN1C(=O)c2cccc3cccc1c23)N/N=C\c1ccc(OCc2ccccc2)cc1. The fourth-order valence-corrected chi connectivity index (χ4v) is 3.88. The molecule has 162 valence electrons. The van der Waals surface area contributed by atoms with Crippen molar-refractivity contribution in [3.05, 3.63) is 108 Å². The predicted molar refractivity (Wildman–Crippen MR) is 129 cm³/mol. The molecule has 2 amide bonds. The number of anilines is 1. The van der Waals surface area contributed by atoms with Crippen molar-refractivity contribution < 1.29 is 14.3 Å². The monoisotopic (exact) mass is 435 g/mol. The van der Waals surface area contributed by atoms with Gasteiger partial charge in [0, 0.05) is 10.9 Å². The van der Waals surface area contributed by atoms with Crippen molar-refractivity contribution in [1.82, 2.24) is 5.43 Å². The average molecular weight is 435 g/mol. The maximum Gasteiger partial charge on any atom is 0.260 e. The Morgan fingerprint density at radius 1 is 0.909 bits per heavy atom. The molecule has 0 aliphatic carbocycles. The first-order valence-electron chi connectivity index (χ1n) is 10.6. The number of hydrazone groups is 1. The summed E-state index contributed by atoms with van der Waals surface area (Å²) in [5.41, 5.74) is 5.79. The number of rotatable bonds is 7. The highest BCUT2D eigenvalue weighted by molar-refractivity contribution is 6.26. The van der Waals surface area contributed by atoms with E-state index in [-0.39, 0.29) is 18.4 Å². The molecule has 1 aliphatic rings. The van der Waals surface area contributed by atoms with Gasteiger partial charge in [-0.3, -0.25) is 14.5 Å². The molecule has 5 rings (SSSR count). The Hall–Kier alpha value is -4.45. The van der Waals surface area contributed by atoms with E-state index in [1.807, 2.05) is 84.9 Å². The highest BCUT2D eigenvalue weighted by Crippen LogP contribution is 2.36. The number of amides is 2. The van der Waals surface area contributed by atoms with Crippen LogP contribution in [-0.4, -0.2) is 24.6 Å². The maximum absolute atomic E-state index is 12.8. The Morgan fingerprint density at radius 2 is 1.67 bits per heavy atom. The molecular formula is C27H21N3O3.